The van der Waals surface area contributed by atoms with E-state index in [1.54, 1.807) is 19.1 Å². The highest BCUT2D eigenvalue weighted by atomic mass is 28.3. The summed E-state index contributed by atoms with van der Waals surface area (Å²) in [6.45, 7) is 7.10. The quantitative estimate of drug-likeness (QED) is 0.634. The number of hydrogen-bond donors (Lipinski definition) is 2. The van der Waals surface area contributed by atoms with Gasteiger partial charge in [0, 0.05) is 26.4 Å². The van der Waals surface area contributed by atoms with Crippen molar-refractivity contribution in [2.24, 2.45) is 0 Å². The van der Waals surface area contributed by atoms with Gasteiger partial charge in [-0.25, -0.2) is 0 Å². The average Bonchev–Trinajstić information content (AvgIpc) is 2.65. The molecule has 0 aliphatic rings. The lowest BCUT2D eigenvalue weighted by Crippen LogP contribution is -2.41. The van der Waals surface area contributed by atoms with E-state index in [1.165, 1.54) is 5.19 Å². The number of hydrogen-bond acceptors (Lipinski definition) is 3. The predicted octanol–water partition coefficient (Wildman–Crippen LogP) is 3.37. The van der Waals surface area contributed by atoms with Gasteiger partial charge in [-0.3, -0.25) is 9.59 Å². The molecule has 0 unspecified atom stereocenters. The molecule has 0 aliphatic heterocycles. The van der Waals surface area contributed by atoms with E-state index < -0.39 is 14.0 Å². The number of aromatic hydroxyl groups is 1. The van der Waals surface area contributed by atoms with Gasteiger partial charge in [0.05, 0.1) is 8.07 Å². The molecule has 0 bridgehead atoms. The molecule has 0 spiro atoms. The lowest BCUT2D eigenvalue weighted by Gasteiger charge is -2.24. The lowest BCUT2D eigenvalue weighted by molar-refractivity contribution is -0.136. The molecule has 1 amide bonds. The van der Waals surface area contributed by atoms with Crippen LogP contribution in [0.3, 0.4) is 0 Å². The van der Waals surface area contributed by atoms with Gasteiger partial charge in [-0.15, -0.1) is 0 Å². The van der Waals surface area contributed by atoms with E-state index in [4.69, 9.17) is 5.11 Å². The van der Waals surface area contributed by atoms with Crippen molar-refractivity contribution in [1.29, 1.82) is 0 Å². The third-order valence-corrected chi connectivity index (χ3v) is 8.52. The second kappa shape index (κ2) is 9.55. The van der Waals surface area contributed by atoms with E-state index in [0.717, 1.165) is 17.5 Å². The Labute approximate surface area is 167 Å². The number of carboxylic acids is 1. The van der Waals surface area contributed by atoms with Crippen molar-refractivity contribution >= 4 is 25.1 Å². The Morgan fingerprint density at radius 3 is 2.07 bits per heavy atom. The molecule has 0 fully saturated rings. The summed E-state index contributed by atoms with van der Waals surface area (Å²) in [5.74, 6) is -0.482. The predicted molar refractivity (Wildman–Crippen MR) is 114 cm³/mol. The van der Waals surface area contributed by atoms with Gasteiger partial charge in [-0.2, -0.15) is 0 Å². The van der Waals surface area contributed by atoms with Gasteiger partial charge in [0.15, 0.2) is 0 Å². The Hall–Kier alpha value is -2.60. The molecule has 2 aromatic carbocycles. The van der Waals surface area contributed by atoms with Crippen LogP contribution in [-0.2, 0) is 22.6 Å². The molecule has 2 aromatic rings. The SMILES string of the molecule is CC(=O)N(CCc1ccc(O)cc1)Cc1ccc([Si](C)(C)CCC(=O)O)cc1. The zero-order chi connectivity index (χ0) is 20.7. The van der Waals surface area contributed by atoms with E-state index in [1.807, 2.05) is 29.2 Å². The van der Waals surface area contributed by atoms with Crippen LogP contribution in [0.25, 0.3) is 0 Å². The Bertz CT molecular complexity index is 800. The van der Waals surface area contributed by atoms with Crippen LogP contribution < -0.4 is 5.19 Å². The summed E-state index contributed by atoms with van der Waals surface area (Å²) in [4.78, 5) is 24.7. The maximum atomic E-state index is 12.0. The van der Waals surface area contributed by atoms with Crippen molar-refractivity contribution < 1.29 is 19.8 Å². The van der Waals surface area contributed by atoms with E-state index in [-0.39, 0.29) is 18.1 Å². The fourth-order valence-electron chi connectivity index (χ4n) is 3.12. The molecule has 0 heterocycles. The molecule has 5 nitrogen and oxygen atoms in total. The first-order valence-electron chi connectivity index (χ1n) is 9.52. The number of carbonyl (C=O) groups is 2. The maximum Gasteiger partial charge on any atom is 0.303 e. The Kier molecular flexibility index (Phi) is 7.40. The molecule has 0 atom stereocenters. The highest BCUT2D eigenvalue weighted by Crippen LogP contribution is 2.15. The van der Waals surface area contributed by atoms with Crippen LogP contribution in [0.15, 0.2) is 48.5 Å². The highest BCUT2D eigenvalue weighted by Gasteiger charge is 2.24. The van der Waals surface area contributed by atoms with Crippen LogP contribution in [0, 0.1) is 0 Å². The van der Waals surface area contributed by atoms with Gasteiger partial charge in [0.2, 0.25) is 5.91 Å². The van der Waals surface area contributed by atoms with E-state index in [0.29, 0.717) is 19.1 Å². The van der Waals surface area contributed by atoms with Gasteiger partial charge in [-0.05, 0) is 35.7 Å². The molecule has 0 aromatic heterocycles. The molecular weight excluding hydrogens is 370 g/mol. The zero-order valence-electron chi connectivity index (χ0n) is 16.8. The lowest BCUT2D eigenvalue weighted by atomic mass is 10.1. The fraction of sp³-hybridized carbons (Fsp3) is 0.364. The number of phenols is 1. The van der Waals surface area contributed by atoms with Gasteiger partial charge in [0.25, 0.3) is 0 Å². The van der Waals surface area contributed by atoms with E-state index in [2.05, 4.69) is 25.2 Å². The first-order valence-corrected chi connectivity index (χ1v) is 12.7. The first-order chi connectivity index (χ1) is 13.2. The molecular formula is C22H29NO4Si. The maximum absolute atomic E-state index is 12.0. The number of amides is 1. The molecule has 28 heavy (non-hydrogen) atoms. The van der Waals surface area contributed by atoms with Crippen molar-refractivity contribution in [1.82, 2.24) is 4.90 Å². The van der Waals surface area contributed by atoms with Crippen LogP contribution in [-0.4, -0.2) is 41.6 Å². The van der Waals surface area contributed by atoms with Crippen molar-refractivity contribution in [2.75, 3.05) is 6.54 Å². The van der Waals surface area contributed by atoms with Crippen LogP contribution in [0.1, 0.15) is 24.5 Å². The van der Waals surface area contributed by atoms with Gasteiger partial charge >= 0.3 is 5.97 Å². The Balaban J connectivity index is 1.99. The summed E-state index contributed by atoms with van der Waals surface area (Å²) in [5.41, 5.74) is 2.14. The standard InChI is InChI=1S/C22H29NO4Si/c1-17(24)23(14-12-18-4-8-20(25)9-5-18)16-19-6-10-21(11-7-19)28(2,3)15-13-22(26)27/h4-11,25H,12-16H2,1-3H3,(H,26,27). The summed E-state index contributed by atoms with van der Waals surface area (Å²) in [6.07, 6.45) is 0.934. The van der Waals surface area contributed by atoms with E-state index in [9.17, 15) is 14.7 Å². The number of nitrogens with zero attached hydrogens (tertiary/aromatic N) is 1. The number of carbonyl (C=O) groups excluding carboxylic acids is 1. The normalized spacial score (nSPS) is 11.2. The number of aliphatic carboxylic acids is 1. The first kappa shape index (κ1) is 21.7. The van der Waals surface area contributed by atoms with Gasteiger partial charge in [-0.1, -0.05) is 54.7 Å². The monoisotopic (exact) mass is 399 g/mol. The summed E-state index contributed by atoms with van der Waals surface area (Å²) in [7, 11) is -1.77. The largest absolute Gasteiger partial charge is 0.508 e. The van der Waals surface area contributed by atoms with Crippen molar-refractivity contribution in [3.8, 4) is 5.75 Å². The summed E-state index contributed by atoms with van der Waals surface area (Å²) in [5, 5.41) is 19.5. The molecule has 0 radical (unpaired) electrons. The zero-order valence-corrected chi connectivity index (χ0v) is 17.8. The Morgan fingerprint density at radius 2 is 1.54 bits per heavy atom. The molecule has 0 aliphatic carbocycles. The molecule has 2 rings (SSSR count). The average molecular weight is 400 g/mol. The smallest absolute Gasteiger partial charge is 0.303 e. The van der Waals surface area contributed by atoms with Crippen molar-refractivity contribution in [3.63, 3.8) is 0 Å². The molecule has 6 heteroatoms. The minimum Gasteiger partial charge on any atom is -0.508 e. The topological polar surface area (TPSA) is 77.8 Å². The van der Waals surface area contributed by atoms with Crippen molar-refractivity contribution in [3.05, 3.63) is 59.7 Å². The van der Waals surface area contributed by atoms with Crippen LogP contribution in [0.4, 0.5) is 0 Å². The summed E-state index contributed by atoms with van der Waals surface area (Å²) >= 11 is 0. The highest BCUT2D eigenvalue weighted by molar-refractivity contribution is 6.89. The second-order valence-electron chi connectivity index (χ2n) is 7.83. The molecule has 0 saturated heterocycles. The van der Waals surface area contributed by atoms with Crippen molar-refractivity contribution in [2.45, 2.75) is 45.4 Å². The summed E-state index contributed by atoms with van der Waals surface area (Å²) in [6, 6.07) is 16.0. The number of phenolic OH excluding ortho intramolecular Hbond substituents is 1. The molecule has 0 saturated carbocycles. The van der Waals surface area contributed by atoms with Crippen LogP contribution in [0.2, 0.25) is 19.1 Å². The second-order valence-corrected chi connectivity index (χ2v) is 12.7. The molecule has 150 valence electrons. The van der Waals surface area contributed by atoms with Crippen LogP contribution in [0.5, 0.6) is 5.75 Å². The summed E-state index contributed by atoms with van der Waals surface area (Å²) < 4.78 is 0. The third-order valence-electron chi connectivity index (χ3n) is 5.12. The van der Waals surface area contributed by atoms with Gasteiger partial charge in [0.1, 0.15) is 5.75 Å². The minimum atomic E-state index is -1.77. The number of rotatable bonds is 9. The van der Waals surface area contributed by atoms with E-state index >= 15 is 0 Å². The van der Waals surface area contributed by atoms with Crippen LogP contribution >= 0.6 is 0 Å². The van der Waals surface area contributed by atoms with Gasteiger partial charge < -0.3 is 15.1 Å². The third kappa shape index (κ3) is 6.53. The minimum absolute atomic E-state index is 0.0269. The number of carboxylic acid groups (broad SMARTS) is 1. The number of benzene rings is 2. The Morgan fingerprint density at radius 1 is 0.964 bits per heavy atom. The fourth-order valence-corrected chi connectivity index (χ4v) is 5.32. The molecule has 2 N–H and O–H groups in total.